The molecule has 1 fully saturated rings. The van der Waals surface area contributed by atoms with Gasteiger partial charge in [0.15, 0.2) is 0 Å². The number of piperidine rings is 1. The fraction of sp³-hybridized carbons (Fsp3) is 0.438. The molecular weight excluding hydrogens is 269 g/mol. The molecule has 5 heteroatoms. The third kappa shape index (κ3) is 2.78. The summed E-state index contributed by atoms with van der Waals surface area (Å²) in [6.07, 6.45) is 3.05. The number of benzene rings is 1. The van der Waals surface area contributed by atoms with Gasteiger partial charge in [-0.25, -0.2) is 9.37 Å². The van der Waals surface area contributed by atoms with Crippen molar-refractivity contribution >= 4 is 11.0 Å². The Morgan fingerprint density at radius 1 is 1.52 bits per heavy atom. The van der Waals surface area contributed by atoms with Crippen LogP contribution in [0.2, 0.25) is 0 Å². The van der Waals surface area contributed by atoms with Gasteiger partial charge in [-0.15, -0.1) is 0 Å². The third-order valence-electron chi connectivity index (χ3n) is 3.91. The first kappa shape index (κ1) is 14.1. The molecule has 0 unspecified atom stereocenters. The molecule has 2 heterocycles. The molecule has 4 nitrogen and oxygen atoms in total. The van der Waals surface area contributed by atoms with Crippen LogP contribution in [0.15, 0.2) is 18.5 Å². The van der Waals surface area contributed by atoms with Crippen molar-refractivity contribution in [2.24, 2.45) is 0 Å². The Labute approximate surface area is 123 Å². The van der Waals surface area contributed by atoms with Crippen molar-refractivity contribution in [1.82, 2.24) is 14.9 Å². The Bertz CT molecular complexity index is 713. The molecule has 0 spiro atoms. The van der Waals surface area contributed by atoms with Gasteiger partial charge in [0.1, 0.15) is 5.82 Å². The molecule has 2 N–H and O–H groups in total. The molecular formula is C16H18FN3O. The molecule has 2 atom stereocenters. The van der Waals surface area contributed by atoms with Gasteiger partial charge < -0.3 is 15.0 Å². The minimum Gasteiger partial charge on any atom is -0.390 e. The molecule has 1 aliphatic heterocycles. The van der Waals surface area contributed by atoms with Gasteiger partial charge in [-0.3, -0.25) is 0 Å². The summed E-state index contributed by atoms with van der Waals surface area (Å²) in [5, 5.41) is 13.0. The van der Waals surface area contributed by atoms with E-state index in [1.165, 1.54) is 6.07 Å². The number of aliphatic hydroxyl groups excluding tert-OH is 1. The number of hydrogen-bond acceptors (Lipinski definition) is 3. The Hall–Kier alpha value is -1.90. The van der Waals surface area contributed by atoms with E-state index in [1.807, 2.05) is 4.57 Å². The van der Waals surface area contributed by atoms with Gasteiger partial charge in [-0.2, -0.15) is 0 Å². The Balaban J connectivity index is 1.79. The van der Waals surface area contributed by atoms with Gasteiger partial charge in [0.2, 0.25) is 0 Å². The molecule has 0 radical (unpaired) electrons. The van der Waals surface area contributed by atoms with Crippen LogP contribution in [0.4, 0.5) is 4.39 Å². The summed E-state index contributed by atoms with van der Waals surface area (Å²) >= 11 is 0. The molecule has 0 aliphatic carbocycles. The maximum absolute atomic E-state index is 13.5. The van der Waals surface area contributed by atoms with Gasteiger partial charge in [0, 0.05) is 5.56 Å². The zero-order valence-corrected chi connectivity index (χ0v) is 11.9. The number of nitrogens with zero attached hydrogens (tertiary/aromatic N) is 2. The predicted octanol–water partition coefficient (Wildman–Crippen LogP) is 1.60. The SMILES string of the molecule is Cc1c(F)ccc2c1ncn2CC#C[C@H]1NCCC[C@@H]1O. The van der Waals surface area contributed by atoms with Crippen LogP contribution in [0.5, 0.6) is 0 Å². The molecule has 0 bridgehead atoms. The lowest BCUT2D eigenvalue weighted by atomic mass is 10.0. The van der Waals surface area contributed by atoms with Crippen LogP contribution >= 0.6 is 0 Å². The monoisotopic (exact) mass is 287 g/mol. The lowest BCUT2D eigenvalue weighted by Gasteiger charge is -2.24. The molecule has 1 aromatic heterocycles. The minimum atomic E-state index is -0.401. The van der Waals surface area contributed by atoms with Crippen LogP contribution in [-0.4, -0.2) is 33.3 Å². The summed E-state index contributed by atoms with van der Waals surface area (Å²) in [4.78, 5) is 4.25. The second kappa shape index (κ2) is 5.84. The van der Waals surface area contributed by atoms with E-state index in [-0.39, 0.29) is 11.9 Å². The van der Waals surface area contributed by atoms with Gasteiger partial charge in [-0.1, -0.05) is 11.8 Å². The number of rotatable bonds is 1. The number of halogens is 1. The van der Waals surface area contributed by atoms with E-state index in [9.17, 15) is 9.50 Å². The predicted molar refractivity (Wildman–Crippen MR) is 79.2 cm³/mol. The van der Waals surface area contributed by atoms with E-state index in [0.717, 1.165) is 24.9 Å². The second-order valence-electron chi connectivity index (χ2n) is 5.38. The topological polar surface area (TPSA) is 50.1 Å². The lowest BCUT2D eigenvalue weighted by Crippen LogP contribution is -2.43. The average molecular weight is 287 g/mol. The van der Waals surface area contributed by atoms with E-state index >= 15 is 0 Å². The highest BCUT2D eigenvalue weighted by Crippen LogP contribution is 2.19. The highest BCUT2D eigenvalue weighted by atomic mass is 19.1. The molecule has 0 saturated carbocycles. The van der Waals surface area contributed by atoms with Crippen LogP contribution in [0.1, 0.15) is 18.4 Å². The highest BCUT2D eigenvalue weighted by molar-refractivity contribution is 5.79. The van der Waals surface area contributed by atoms with E-state index in [1.54, 1.807) is 19.3 Å². The molecule has 2 aromatic rings. The summed E-state index contributed by atoms with van der Waals surface area (Å²) in [5.41, 5.74) is 2.11. The van der Waals surface area contributed by atoms with Crippen molar-refractivity contribution in [2.45, 2.75) is 38.5 Å². The van der Waals surface area contributed by atoms with Crippen LogP contribution in [0.25, 0.3) is 11.0 Å². The standard InChI is InChI=1S/C16H18FN3O/c1-11-12(17)6-7-14-16(11)19-10-20(14)9-3-4-13-15(21)5-2-8-18-13/h6-7,10,13,15,18,21H,2,5,8-9H2,1H3/t13-,15+/m1/s1. The average Bonchev–Trinajstić information content (AvgIpc) is 2.89. The van der Waals surface area contributed by atoms with Crippen LogP contribution in [0, 0.1) is 24.6 Å². The Morgan fingerprint density at radius 2 is 2.38 bits per heavy atom. The largest absolute Gasteiger partial charge is 0.390 e. The fourth-order valence-corrected chi connectivity index (χ4v) is 2.63. The summed E-state index contributed by atoms with van der Waals surface area (Å²) in [7, 11) is 0. The maximum Gasteiger partial charge on any atom is 0.128 e. The summed E-state index contributed by atoms with van der Waals surface area (Å²) < 4.78 is 15.4. The Kier molecular flexibility index (Phi) is 3.91. The van der Waals surface area contributed by atoms with Gasteiger partial charge in [-0.05, 0) is 38.4 Å². The smallest absolute Gasteiger partial charge is 0.128 e. The minimum absolute atomic E-state index is 0.160. The first-order valence-corrected chi connectivity index (χ1v) is 7.16. The number of imidazole rings is 1. The lowest BCUT2D eigenvalue weighted by molar-refractivity contribution is 0.118. The van der Waals surface area contributed by atoms with Gasteiger partial charge in [0.05, 0.1) is 36.1 Å². The molecule has 1 aromatic carbocycles. The maximum atomic E-state index is 13.5. The number of aliphatic hydroxyl groups is 1. The van der Waals surface area contributed by atoms with Crippen molar-refractivity contribution in [3.05, 3.63) is 29.8 Å². The van der Waals surface area contributed by atoms with Gasteiger partial charge in [0.25, 0.3) is 0 Å². The second-order valence-corrected chi connectivity index (χ2v) is 5.38. The van der Waals surface area contributed by atoms with Crippen LogP contribution in [-0.2, 0) is 6.54 Å². The quantitative estimate of drug-likeness (QED) is 0.783. The normalized spacial score (nSPS) is 22.0. The van der Waals surface area contributed by atoms with E-state index < -0.39 is 6.10 Å². The van der Waals surface area contributed by atoms with Crippen molar-refractivity contribution in [3.8, 4) is 11.8 Å². The number of aromatic nitrogens is 2. The van der Waals surface area contributed by atoms with E-state index in [0.29, 0.717) is 17.6 Å². The molecule has 1 aliphatic rings. The van der Waals surface area contributed by atoms with Crippen molar-refractivity contribution in [1.29, 1.82) is 0 Å². The van der Waals surface area contributed by atoms with Crippen molar-refractivity contribution in [3.63, 3.8) is 0 Å². The first-order valence-electron chi connectivity index (χ1n) is 7.16. The number of nitrogens with one attached hydrogen (secondary N) is 1. The number of aryl methyl sites for hydroxylation is 1. The zero-order valence-electron chi connectivity index (χ0n) is 11.9. The Morgan fingerprint density at radius 3 is 3.19 bits per heavy atom. The fourth-order valence-electron chi connectivity index (χ4n) is 2.63. The van der Waals surface area contributed by atoms with Crippen molar-refractivity contribution < 1.29 is 9.50 Å². The summed E-state index contributed by atoms with van der Waals surface area (Å²) in [6, 6.07) is 3.02. The third-order valence-corrected chi connectivity index (χ3v) is 3.91. The number of fused-ring (bicyclic) bond motifs is 1. The van der Waals surface area contributed by atoms with E-state index in [2.05, 4.69) is 22.1 Å². The summed E-state index contributed by atoms with van der Waals surface area (Å²) in [5.74, 6) is 5.90. The molecule has 21 heavy (non-hydrogen) atoms. The van der Waals surface area contributed by atoms with Crippen LogP contribution in [0.3, 0.4) is 0 Å². The van der Waals surface area contributed by atoms with Crippen molar-refractivity contribution in [2.75, 3.05) is 6.54 Å². The number of hydrogen-bond donors (Lipinski definition) is 2. The van der Waals surface area contributed by atoms with Gasteiger partial charge >= 0.3 is 0 Å². The zero-order chi connectivity index (χ0) is 14.8. The van der Waals surface area contributed by atoms with E-state index in [4.69, 9.17) is 0 Å². The van der Waals surface area contributed by atoms with Crippen LogP contribution < -0.4 is 5.32 Å². The first-order chi connectivity index (χ1) is 10.2. The molecule has 1 saturated heterocycles. The highest BCUT2D eigenvalue weighted by Gasteiger charge is 2.19. The molecule has 110 valence electrons. The molecule has 3 rings (SSSR count). The summed E-state index contributed by atoms with van der Waals surface area (Å²) in [6.45, 7) is 3.10. The molecule has 0 amide bonds.